The third-order valence-corrected chi connectivity index (χ3v) is 4.66. The largest absolute Gasteiger partial charge is 0.444 e. The molecule has 0 radical (unpaired) electrons. The number of hydrogen-bond acceptors (Lipinski definition) is 6. The molecule has 8 nitrogen and oxygen atoms in total. The van der Waals surface area contributed by atoms with Crippen LogP contribution in [0.3, 0.4) is 0 Å². The molecular weight excluding hydrogens is 384 g/mol. The Morgan fingerprint density at radius 2 is 1.77 bits per heavy atom. The first kappa shape index (κ1) is 25.9. The monoisotopic (exact) mass is 424 g/mol. The number of aliphatic imine (C=N–C) groups is 1. The smallest absolute Gasteiger partial charge is 0.416 e. The number of carbonyl (C=O) groups excluding carboxylic acids is 2. The Kier molecular flexibility index (Phi) is 8.90. The second kappa shape index (κ2) is 10.3. The number of hydrogen-bond donors (Lipinski definition) is 2. The van der Waals surface area contributed by atoms with Crippen molar-refractivity contribution in [3.8, 4) is 0 Å². The van der Waals surface area contributed by atoms with Gasteiger partial charge in [-0.15, -0.1) is 0 Å². The Labute approximate surface area is 181 Å². The van der Waals surface area contributed by atoms with Gasteiger partial charge in [0.1, 0.15) is 17.0 Å². The molecule has 1 aliphatic rings. The van der Waals surface area contributed by atoms with Crippen LogP contribution in [-0.2, 0) is 9.47 Å². The lowest BCUT2D eigenvalue weighted by atomic mass is 9.94. The Morgan fingerprint density at radius 3 is 2.23 bits per heavy atom. The predicted molar refractivity (Wildman–Crippen MR) is 120 cm³/mol. The molecule has 2 amide bonds. The fraction of sp³-hybridized carbons (Fsp3) is 0.773. The van der Waals surface area contributed by atoms with Crippen molar-refractivity contribution in [2.45, 2.75) is 98.1 Å². The number of amidine groups is 1. The molecule has 8 heteroatoms. The predicted octanol–water partition coefficient (Wildman–Crippen LogP) is 3.85. The Bertz CT molecular complexity index is 659. The average molecular weight is 425 g/mol. The Hall–Kier alpha value is -2.09. The van der Waals surface area contributed by atoms with E-state index in [9.17, 15) is 9.59 Å². The standard InChI is InChI=1S/C22H40N4O4/c1-10-11-12-16(25-19(27)29-21(4,5)6)18-24-13-17(14(2)15(3)23)26(18)20(28)30-22(7,8)9/h10-11,14-17H,12-13,23H2,1-9H3,(H,25,27)/b11-10+/t14-,15+,16-,17?/m0/s1. The maximum absolute atomic E-state index is 13.1. The van der Waals surface area contributed by atoms with Crippen molar-refractivity contribution in [2.75, 3.05) is 6.54 Å². The second-order valence-corrected chi connectivity index (χ2v) is 9.84. The summed E-state index contributed by atoms with van der Waals surface area (Å²) in [5.74, 6) is 0.452. The third-order valence-electron chi connectivity index (χ3n) is 4.66. The first-order valence-corrected chi connectivity index (χ1v) is 10.6. The molecule has 1 heterocycles. The number of ether oxygens (including phenoxy) is 2. The van der Waals surface area contributed by atoms with Gasteiger partial charge in [-0.3, -0.25) is 9.89 Å². The molecule has 0 aromatic rings. The van der Waals surface area contributed by atoms with Crippen LogP contribution in [0, 0.1) is 5.92 Å². The van der Waals surface area contributed by atoms with Crippen molar-refractivity contribution < 1.29 is 19.1 Å². The fourth-order valence-corrected chi connectivity index (χ4v) is 3.04. The van der Waals surface area contributed by atoms with E-state index in [1.165, 1.54) is 0 Å². The van der Waals surface area contributed by atoms with Crippen LogP contribution >= 0.6 is 0 Å². The Morgan fingerprint density at radius 1 is 1.20 bits per heavy atom. The molecular formula is C22H40N4O4. The van der Waals surface area contributed by atoms with E-state index in [4.69, 9.17) is 15.2 Å². The fourth-order valence-electron chi connectivity index (χ4n) is 3.04. The second-order valence-electron chi connectivity index (χ2n) is 9.84. The molecule has 3 N–H and O–H groups in total. The molecule has 4 atom stereocenters. The quantitative estimate of drug-likeness (QED) is 0.630. The summed E-state index contributed by atoms with van der Waals surface area (Å²) in [5.41, 5.74) is 4.83. The van der Waals surface area contributed by atoms with E-state index >= 15 is 0 Å². The van der Waals surface area contributed by atoms with Crippen molar-refractivity contribution >= 4 is 18.0 Å². The number of rotatable bonds is 6. The van der Waals surface area contributed by atoms with Crippen molar-refractivity contribution in [3.05, 3.63) is 12.2 Å². The number of carbonyl (C=O) groups is 2. The minimum atomic E-state index is -0.662. The van der Waals surface area contributed by atoms with E-state index in [2.05, 4.69) is 10.3 Å². The van der Waals surface area contributed by atoms with Gasteiger partial charge in [0.2, 0.25) is 0 Å². The van der Waals surface area contributed by atoms with Gasteiger partial charge >= 0.3 is 12.2 Å². The van der Waals surface area contributed by atoms with E-state index in [1.54, 1.807) is 25.7 Å². The van der Waals surface area contributed by atoms with Crippen LogP contribution in [0.4, 0.5) is 9.59 Å². The topological polar surface area (TPSA) is 106 Å². The van der Waals surface area contributed by atoms with E-state index in [0.717, 1.165) is 0 Å². The maximum atomic E-state index is 13.1. The highest BCUT2D eigenvalue weighted by Crippen LogP contribution is 2.25. The zero-order chi connectivity index (χ0) is 23.3. The lowest BCUT2D eigenvalue weighted by Crippen LogP contribution is -2.55. The SMILES string of the molecule is C/C=C/C[C@H](NC(=O)OC(C)(C)C)C1=NCC([C@@H](C)[C@@H](C)N)N1C(=O)OC(C)(C)C. The number of nitrogens with zero attached hydrogens (tertiary/aromatic N) is 2. The number of alkyl carbamates (subject to hydrolysis) is 1. The van der Waals surface area contributed by atoms with Gasteiger partial charge < -0.3 is 20.5 Å². The summed E-state index contributed by atoms with van der Waals surface area (Å²) in [4.78, 5) is 31.8. The van der Waals surface area contributed by atoms with E-state index < -0.39 is 29.4 Å². The molecule has 0 aromatic heterocycles. The van der Waals surface area contributed by atoms with Gasteiger partial charge in [0, 0.05) is 6.04 Å². The van der Waals surface area contributed by atoms with E-state index in [-0.39, 0.29) is 18.0 Å². The highest BCUT2D eigenvalue weighted by atomic mass is 16.6. The Balaban J connectivity index is 3.23. The van der Waals surface area contributed by atoms with Gasteiger partial charge in [-0.05, 0) is 67.7 Å². The van der Waals surface area contributed by atoms with Crippen molar-refractivity contribution in [2.24, 2.45) is 16.6 Å². The molecule has 1 unspecified atom stereocenters. The molecule has 172 valence electrons. The van der Waals surface area contributed by atoms with Gasteiger partial charge in [-0.2, -0.15) is 0 Å². The molecule has 0 spiro atoms. The summed E-state index contributed by atoms with van der Waals surface area (Å²) in [5, 5.41) is 2.86. The van der Waals surface area contributed by atoms with Crippen LogP contribution in [0.1, 0.15) is 68.7 Å². The van der Waals surface area contributed by atoms with Crippen LogP contribution in [0.15, 0.2) is 17.1 Å². The van der Waals surface area contributed by atoms with Gasteiger partial charge in [0.05, 0.1) is 18.6 Å². The van der Waals surface area contributed by atoms with Crippen molar-refractivity contribution in [1.29, 1.82) is 0 Å². The highest BCUT2D eigenvalue weighted by Gasteiger charge is 2.42. The first-order chi connectivity index (χ1) is 13.7. The third kappa shape index (κ3) is 7.97. The summed E-state index contributed by atoms with van der Waals surface area (Å²) in [6.07, 6.45) is 3.21. The molecule has 0 saturated carbocycles. The number of nitrogens with two attached hydrogens (primary N) is 1. The molecule has 1 aliphatic heterocycles. The maximum Gasteiger partial charge on any atom is 0.416 e. The van der Waals surface area contributed by atoms with E-state index in [1.807, 2.05) is 53.7 Å². The van der Waals surface area contributed by atoms with Crippen LogP contribution in [-0.4, -0.2) is 58.8 Å². The van der Waals surface area contributed by atoms with Crippen LogP contribution in [0.5, 0.6) is 0 Å². The molecule has 30 heavy (non-hydrogen) atoms. The zero-order valence-electron chi connectivity index (χ0n) is 20.0. The van der Waals surface area contributed by atoms with Gasteiger partial charge in [0.15, 0.2) is 0 Å². The normalized spacial score (nSPS) is 20.5. The lowest BCUT2D eigenvalue weighted by molar-refractivity contribution is 0.0280. The minimum absolute atomic E-state index is 0.0114. The minimum Gasteiger partial charge on any atom is -0.444 e. The summed E-state index contributed by atoms with van der Waals surface area (Å²) < 4.78 is 11.1. The number of allylic oxidation sites excluding steroid dienone is 1. The van der Waals surface area contributed by atoms with Crippen LogP contribution < -0.4 is 11.1 Å². The van der Waals surface area contributed by atoms with E-state index in [0.29, 0.717) is 18.8 Å². The lowest BCUT2D eigenvalue weighted by Gasteiger charge is -2.35. The van der Waals surface area contributed by atoms with Gasteiger partial charge in [-0.1, -0.05) is 19.1 Å². The van der Waals surface area contributed by atoms with Crippen molar-refractivity contribution in [3.63, 3.8) is 0 Å². The summed E-state index contributed by atoms with van der Waals surface area (Å²) in [6.45, 7) is 17.1. The number of nitrogens with one attached hydrogen (secondary N) is 1. The summed E-state index contributed by atoms with van der Waals surface area (Å²) in [7, 11) is 0. The molecule has 0 bridgehead atoms. The molecule has 0 fully saturated rings. The zero-order valence-corrected chi connectivity index (χ0v) is 20.0. The van der Waals surface area contributed by atoms with Crippen LogP contribution in [0.25, 0.3) is 0 Å². The van der Waals surface area contributed by atoms with Gasteiger partial charge in [-0.25, -0.2) is 9.59 Å². The van der Waals surface area contributed by atoms with Crippen LogP contribution in [0.2, 0.25) is 0 Å². The summed E-state index contributed by atoms with van der Waals surface area (Å²) in [6, 6.07) is -0.917. The van der Waals surface area contributed by atoms with Crippen molar-refractivity contribution in [1.82, 2.24) is 10.2 Å². The molecule has 0 aromatic carbocycles. The number of amides is 2. The average Bonchev–Trinajstić information content (AvgIpc) is 2.99. The van der Waals surface area contributed by atoms with Gasteiger partial charge in [0.25, 0.3) is 0 Å². The molecule has 0 saturated heterocycles. The molecule has 0 aliphatic carbocycles. The molecule has 1 rings (SSSR count). The highest BCUT2D eigenvalue weighted by molar-refractivity contribution is 6.01. The first-order valence-electron chi connectivity index (χ1n) is 10.6. The summed E-state index contributed by atoms with van der Waals surface area (Å²) >= 11 is 0.